The molecule has 0 unspecified atom stereocenters. The van der Waals surface area contributed by atoms with Crippen LogP contribution in [0.3, 0.4) is 0 Å². The summed E-state index contributed by atoms with van der Waals surface area (Å²) >= 11 is 0. The Hall–Kier alpha value is -4.46. The van der Waals surface area contributed by atoms with Gasteiger partial charge in [0.25, 0.3) is 0 Å². The summed E-state index contributed by atoms with van der Waals surface area (Å²) in [5.74, 6) is 1.54. The normalized spacial score (nSPS) is 10.7. The molecule has 0 saturated carbocycles. The third-order valence-electron chi connectivity index (χ3n) is 5.80. The lowest BCUT2D eigenvalue weighted by atomic mass is 9.96. The number of H-pyrrole nitrogens is 1. The molecule has 0 bridgehead atoms. The highest BCUT2D eigenvalue weighted by Gasteiger charge is 2.26. The topological polar surface area (TPSA) is 96.1 Å². The molecule has 4 aromatic rings. The molecule has 0 aliphatic rings. The van der Waals surface area contributed by atoms with Gasteiger partial charge >= 0.3 is 0 Å². The van der Waals surface area contributed by atoms with E-state index in [4.69, 9.17) is 23.7 Å². The third-order valence-corrected chi connectivity index (χ3v) is 5.80. The van der Waals surface area contributed by atoms with Gasteiger partial charge in [-0.3, -0.25) is 9.59 Å². The fourth-order valence-corrected chi connectivity index (χ4v) is 4.02. The summed E-state index contributed by atoms with van der Waals surface area (Å²) in [5, 5.41) is 0.494. The van der Waals surface area contributed by atoms with Gasteiger partial charge < -0.3 is 28.7 Å². The van der Waals surface area contributed by atoms with Crippen LogP contribution in [-0.2, 0) is 0 Å². The van der Waals surface area contributed by atoms with Gasteiger partial charge in [-0.05, 0) is 36.4 Å². The first-order valence-corrected chi connectivity index (χ1v) is 10.7. The molecule has 8 nitrogen and oxygen atoms in total. The number of methoxy groups -OCH3 is 5. The van der Waals surface area contributed by atoms with E-state index < -0.39 is 0 Å². The zero-order valence-electron chi connectivity index (χ0n) is 20.1. The lowest BCUT2D eigenvalue weighted by molar-refractivity contribution is 0.102. The van der Waals surface area contributed by atoms with Gasteiger partial charge in [0, 0.05) is 23.8 Å². The predicted molar refractivity (Wildman–Crippen MR) is 131 cm³/mol. The molecule has 0 aliphatic carbocycles. The van der Waals surface area contributed by atoms with Crippen LogP contribution in [0.4, 0.5) is 0 Å². The third kappa shape index (κ3) is 4.14. The Balaban J connectivity index is 1.86. The molecule has 0 spiro atoms. The van der Waals surface area contributed by atoms with Crippen molar-refractivity contribution in [1.82, 2.24) is 4.98 Å². The summed E-state index contributed by atoms with van der Waals surface area (Å²) in [4.78, 5) is 30.2. The highest BCUT2D eigenvalue weighted by Crippen LogP contribution is 2.37. The molecule has 4 rings (SSSR count). The highest BCUT2D eigenvalue weighted by molar-refractivity contribution is 6.21. The van der Waals surface area contributed by atoms with Crippen molar-refractivity contribution in [3.8, 4) is 28.7 Å². The first kappa shape index (κ1) is 23.7. The molecule has 0 fully saturated rings. The second-order valence-electron chi connectivity index (χ2n) is 7.56. The second-order valence-corrected chi connectivity index (χ2v) is 7.56. The number of hydrogen-bond acceptors (Lipinski definition) is 7. The monoisotopic (exact) mass is 475 g/mol. The Morgan fingerprint density at radius 1 is 0.600 bits per heavy atom. The van der Waals surface area contributed by atoms with Crippen molar-refractivity contribution in [3.63, 3.8) is 0 Å². The fraction of sp³-hybridized carbons (Fsp3) is 0.185. The first-order chi connectivity index (χ1) is 17.0. The molecule has 1 heterocycles. The van der Waals surface area contributed by atoms with Crippen molar-refractivity contribution >= 4 is 22.5 Å². The number of fused-ring (bicyclic) bond motifs is 1. The lowest BCUT2D eigenvalue weighted by Gasteiger charge is -2.14. The van der Waals surface area contributed by atoms with Crippen molar-refractivity contribution in [1.29, 1.82) is 0 Å². The van der Waals surface area contributed by atoms with Crippen LogP contribution in [0.5, 0.6) is 28.7 Å². The molecular formula is C27H25NO7. The Bertz CT molecular complexity index is 1420. The number of ether oxygens (including phenoxy) is 5. The van der Waals surface area contributed by atoms with Crippen LogP contribution in [-0.4, -0.2) is 52.1 Å². The number of nitrogens with one attached hydrogen (secondary N) is 1. The van der Waals surface area contributed by atoms with Crippen LogP contribution >= 0.6 is 0 Å². The van der Waals surface area contributed by atoms with E-state index in [-0.39, 0.29) is 17.3 Å². The number of hydrogen-bond donors (Lipinski definition) is 1. The number of aromatic nitrogens is 1. The molecule has 3 aromatic carbocycles. The minimum atomic E-state index is -0.315. The first-order valence-electron chi connectivity index (χ1n) is 10.7. The van der Waals surface area contributed by atoms with Gasteiger partial charge in [0.15, 0.2) is 5.78 Å². The van der Waals surface area contributed by atoms with Crippen molar-refractivity contribution in [2.24, 2.45) is 0 Å². The van der Waals surface area contributed by atoms with E-state index in [1.807, 2.05) is 0 Å². The molecular weight excluding hydrogens is 450 g/mol. The predicted octanol–water partition coefficient (Wildman–Crippen LogP) is 4.67. The Morgan fingerprint density at radius 2 is 1.11 bits per heavy atom. The maximum atomic E-state index is 13.6. The molecule has 0 aliphatic heterocycles. The van der Waals surface area contributed by atoms with Gasteiger partial charge in [-0.1, -0.05) is 0 Å². The number of carbonyl (C=O) groups is 2. The van der Waals surface area contributed by atoms with Gasteiger partial charge in [-0.15, -0.1) is 0 Å². The molecule has 1 N–H and O–H groups in total. The van der Waals surface area contributed by atoms with E-state index in [0.29, 0.717) is 56.2 Å². The maximum absolute atomic E-state index is 13.6. The average Bonchev–Trinajstić information content (AvgIpc) is 3.35. The largest absolute Gasteiger partial charge is 0.497 e. The van der Waals surface area contributed by atoms with Gasteiger partial charge in [0.1, 0.15) is 28.7 Å². The van der Waals surface area contributed by atoms with Gasteiger partial charge in [-0.25, -0.2) is 0 Å². The summed E-state index contributed by atoms with van der Waals surface area (Å²) in [6, 6.07) is 13.3. The van der Waals surface area contributed by atoms with Crippen molar-refractivity contribution < 1.29 is 33.3 Å². The van der Waals surface area contributed by atoms with E-state index in [9.17, 15) is 9.59 Å². The second kappa shape index (κ2) is 9.80. The van der Waals surface area contributed by atoms with Crippen molar-refractivity contribution in [3.05, 3.63) is 77.0 Å². The Kier molecular flexibility index (Phi) is 6.64. The van der Waals surface area contributed by atoms with Crippen LogP contribution in [0.1, 0.15) is 31.8 Å². The van der Waals surface area contributed by atoms with Gasteiger partial charge in [0.05, 0.1) is 63.2 Å². The highest BCUT2D eigenvalue weighted by atomic mass is 16.5. The summed E-state index contributed by atoms with van der Waals surface area (Å²) in [7, 11) is 7.51. The van der Waals surface area contributed by atoms with Crippen LogP contribution < -0.4 is 23.7 Å². The summed E-state index contributed by atoms with van der Waals surface area (Å²) in [6.45, 7) is 0. The SMILES string of the molecule is COc1ccc(C(=O)c2ccc3[nH]cc(C(=O)c4ccc(OC)cc4OC)c3c2OC)c(OC)c1. The van der Waals surface area contributed by atoms with E-state index in [0.717, 1.165) is 0 Å². The van der Waals surface area contributed by atoms with Gasteiger partial charge in [0.2, 0.25) is 5.78 Å². The minimum absolute atomic E-state index is 0.280. The van der Waals surface area contributed by atoms with E-state index in [2.05, 4.69) is 4.98 Å². The quantitative estimate of drug-likeness (QED) is 0.351. The number of benzene rings is 3. The zero-order chi connectivity index (χ0) is 25.1. The van der Waals surface area contributed by atoms with E-state index in [1.54, 1.807) is 54.7 Å². The standard InChI is InChI=1S/C27H25NO7/c1-31-15-6-8-17(22(12-15)33-3)25(29)19-10-11-21-24(27(19)35-5)20(14-28-21)26(30)18-9-7-16(32-2)13-23(18)34-4/h6-14,28H,1-5H3. The fourth-order valence-electron chi connectivity index (χ4n) is 4.02. The molecule has 1 aromatic heterocycles. The summed E-state index contributed by atoms with van der Waals surface area (Å²) < 4.78 is 27.0. The number of carbonyl (C=O) groups excluding carboxylic acids is 2. The van der Waals surface area contributed by atoms with Crippen molar-refractivity contribution in [2.75, 3.05) is 35.5 Å². The molecule has 0 saturated heterocycles. The maximum Gasteiger partial charge on any atom is 0.200 e. The summed E-state index contributed by atoms with van der Waals surface area (Å²) in [6.07, 6.45) is 1.60. The Labute approximate surface area is 202 Å². The molecule has 35 heavy (non-hydrogen) atoms. The lowest BCUT2D eigenvalue weighted by Crippen LogP contribution is -2.08. The number of aromatic amines is 1. The molecule has 0 atom stereocenters. The minimum Gasteiger partial charge on any atom is -0.497 e. The van der Waals surface area contributed by atoms with E-state index in [1.165, 1.54) is 35.5 Å². The number of ketones is 2. The molecule has 8 heteroatoms. The van der Waals surface area contributed by atoms with Gasteiger partial charge in [-0.2, -0.15) is 0 Å². The smallest absolute Gasteiger partial charge is 0.200 e. The van der Waals surface area contributed by atoms with E-state index >= 15 is 0 Å². The van der Waals surface area contributed by atoms with Crippen LogP contribution in [0.15, 0.2) is 54.7 Å². The molecule has 0 radical (unpaired) electrons. The number of rotatable bonds is 9. The molecule has 180 valence electrons. The average molecular weight is 475 g/mol. The van der Waals surface area contributed by atoms with Crippen molar-refractivity contribution in [2.45, 2.75) is 0 Å². The Morgan fingerprint density at radius 3 is 1.60 bits per heavy atom. The summed E-state index contributed by atoms with van der Waals surface area (Å²) in [5.41, 5.74) is 1.97. The van der Waals surface area contributed by atoms with Crippen LogP contribution in [0, 0.1) is 0 Å². The molecule has 0 amide bonds. The zero-order valence-corrected chi connectivity index (χ0v) is 20.1. The van der Waals surface area contributed by atoms with Crippen LogP contribution in [0.2, 0.25) is 0 Å². The van der Waals surface area contributed by atoms with Crippen LogP contribution in [0.25, 0.3) is 10.9 Å².